The Kier molecular flexibility index (Phi) is 6.65. The quantitative estimate of drug-likeness (QED) is 0.469. The molecule has 7 nitrogen and oxygen atoms in total. The topological polar surface area (TPSA) is 73.7 Å². The molecule has 1 saturated carbocycles. The number of amides is 1. The maximum absolute atomic E-state index is 14.9. The predicted molar refractivity (Wildman–Crippen MR) is 131 cm³/mol. The van der Waals surface area contributed by atoms with Crippen molar-refractivity contribution in [2.24, 2.45) is 0 Å². The average molecular weight is 480 g/mol. The van der Waals surface area contributed by atoms with Crippen molar-refractivity contribution in [3.05, 3.63) is 70.8 Å². The molecule has 2 heterocycles. The van der Waals surface area contributed by atoms with Gasteiger partial charge in [0.1, 0.15) is 17.3 Å². The molecule has 1 aliphatic heterocycles. The number of benzene rings is 2. The van der Waals surface area contributed by atoms with Crippen LogP contribution in [-0.2, 0) is 10.2 Å². The number of hydrogen-bond donors (Lipinski definition) is 0. The Morgan fingerprint density at radius 3 is 2.40 bits per heavy atom. The fourth-order valence-corrected chi connectivity index (χ4v) is 4.54. The lowest BCUT2D eigenvalue weighted by Crippen LogP contribution is -2.45. The maximum Gasteiger partial charge on any atom is 0.359 e. The van der Waals surface area contributed by atoms with Crippen molar-refractivity contribution in [1.29, 1.82) is 0 Å². The van der Waals surface area contributed by atoms with E-state index in [4.69, 9.17) is 9.47 Å². The average Bonchev–Trinajstić information content (AvgIpc) is 3.51. The first-order valence-electron chi connectivity index (χ1n) is 11.9. The van der Waals surface area contributed by atoms with E-state index >= 15 is 0 Å². The second-order valence-electron chi connectivity index (χ2n) is 8.53. The Labute approximate surface area is 204 Å². The van der Waals surface area contributed by atoms with E-state index in [1.54, 1.807) is 57.4 Å². The van der Waals surface area contributed by atoms with Gasteiger partial charge in [-0.25, -0.2) is 13.9 Å². The number of methoxy groups -OCH3 is 1. The van der Waals surface area contributed by atoms with Crippen LogP contribution in [0.5, 0.6) is 5.75 Å². The van der Waals surface area contributed by atoms with Crippen LogP contribution in [0.2, 0.25) is 0 Å². The molecular weight excluding hydrogens is 449 g/mol. The number of carbonyl (C=O) groups excluding carboxylic acids is 2. The minimum Gasteiger partial charge on any atom is -0.497 e. The van der Waals surface area contributed by atoms with Gasteiger partial charge in [-0.15, -0.1) is 0 Å². The molecule has 0 N–H and O–H groups in total. The molecule has 8 heteroatoms. The summed E-state index contributed by atoms with van der Waals surface area (Å²) in [4.78, 5) is 28.1. The molecule has 2 aromatic carbocycles. The van der Waals surface area contributed by atoms with Crippen LogP contribution < -0.4 is 9.64 Å². The van der Waals surface area contributed by atoms with Crippen molar-refractivity contribution in [3.8, 4) is 11.4 Å². The summed E-state index contributed by atoms with van der Waals surface area (Å²) in [6.07, 6.45) is 1.55. The lowest BCUT2D eigenvalue weighted by molar-refractivity contribution is 0.0516. The molecule has 3 aromatic rings. The zero-order chi connectivity index (χ0) is 25.3. The van der Waals surface area contributed by atoms with E-state index in [9.17, 15) is 14.0 Å². The van der Waals surface area contributed by atoms with Crippen molar-refractivity contribution >= 4 is 17.6 Å². The van der Waals surface area contributed by atoms with E-state index < -0.39 is 23.1 Å². The molecule has 0 unspecified atom stereocenters. The van der Waals surface area contributed by atoms with Gasteiger partial charge < -0.3 is 14.4 Å². The first-order chi connectivity index (χ1) is 16.9. The number of anilines is 1. The molecule has 5 rings (SSSR count). The molecule has 184 valence electrons. The summed E-state index contributed by atoms with van der Waals surface area (Å²) in [5, 5.41) is 4.55. The monoisotopic (exact) mass is 479 g/mol. The summed E-state index contributed by atoms with van der Waals surface area (Å²) in [6.45, 7) is 8.02. The van der Waals surface area contributed by atoms with Gasteiger partial charge in [0.2, 0.25) is 0 Å². The molecule has 1 aliphatic carbocycles. The van der Waals surface area contributed by atoms with E-state index in [1.165, 1.54) is 15.6 Å². The van der Waals surface area contributed by atoms with Crippen LogP contribution in [0.1, 0.15) is 65.7 Å². The van der Waals surface area contributed by atoms with Crippen molar-refractivity contribution in [2.45, 2.75) is 46.0 Å². The zero-order valence-corrected chi connectivity index (χ0v) is 20.7. The molecule has 1 aromatic heterocycles. The molecule has 0 saturated heterocycles. The number of hydrogen-bond acceptors (Lipinski definition) is 5. The van der Waals surface area contributed by atoms with Crippen molar-refractivity contribution in [3.63, 3.8) is 0 Å². The van der Waals surface area contributed by atoms with Gasteiger partial charge in [-0.05, 0) is 68.7 Å². The summed E-state index contributed by atoms with van der Waals surface area (Å²) in [7, 11) is 1.57. The number of aromatic nitrogens is 2. The second-order valence-corrected chi connectivity index (χ2v) is 8.53. The number of nitrogens with zero attached hydrogens (tertiary/aromatic N) is 3. The SMILES string of the molecule is CC.CCOC(=O)c1nn(-c2ccc(OC)cc2)c2c1C1(CC1)CN(c1ccc(C)cc1F)C2=O. The molecule has 0 atom stereocenters. The summed E-state index contributed by atoms with van der Waals surface area (Å²) >= 11 is 0. The minimum absolute atomic E-state index is 0.151. The highest BCUT2D eigenvalue weighted by Gasteiger charge is 2.56. The van der Waals surface area contributed by atoms with Gasteiger partial charge in [-0.2, -0.15) is 5.10 Å². The summed E-state index contributed by atoms with van der Waals surface area (Å²) in [5.74, 6) is -0.762. The van der Waals surface area contributed by atoms with E-state index in [2.05, 4.69) is 5.10 Å². The normalized spacial score (nSPS) is 15.3. The largest absolute Gasteiger partial charge is 0.497 e. The first-order valence-corrected chi connectivity index (χ1v) is 11.9. The molecular formula is C27H30FN3O4. The van der Waals surface area contributed by atoms with Gasteiger partial charge >= 0.3 is 5.97 Å². The van der Waals surface area contributed by atoms with Crippen LogP contribution in [0, 0.1) is 12.7 Å². The summed E-state index contributed by atoms with van der Waals surface area (Å²) in [5.41, 5.74) is 2.17. The third-order valence-corrected chi connectivity index (χ3v) is 6.36. The fraction of sp³-hybridized carbons (Fsp3) is 0.370. The van der Waals surface area contributed by atoms with Crippen molar-refractivity contribution in [1.82, 2.24) is 9.78 Å². The van der Waals surface area contributed by atoms with Crippen LogP contribution in [-0.4, -0.2) is 41.9 Å². The lowest BCUT2D eigenvalue weighted by Gasteiger charge is -2.33. The highest BCUT2D eigenvalue weighted by atomic mass is 19.1. The summed E-state index contributed by atoms with van der Waals surface area (Å²) in [6, 6.07) is 11.9. The first kappa shape index (κ1) is 24.4. The Morgan fingerprint density at radius 2 is 1.83 bits per heavy atom. The molecule has 35 heavy (non-hydrogen) atoms. The molecule has 0 radical (unpaired) electrons. The van der Waals surface area contributed by atoms with E-state index in [0.717, 1.165) is 18.4 Å². The highest BCUT2D eigenvalue weighted by Crippen LogP contribution is 2.54. The Morgan fingerprint density at radius 1 is 1.14 bits per heavy atom. The van der Waals surface area contributed by atoms with Gasteiger partial charge in [-0.1, -0.05) is 19.9 Å². The smallest absolute Gasteiger partial charge is 0.359 e. The zero-order valence-electron chi connectivity index (χ0n) is 20.7. The molecule has 0 bridgehead atoms. The van der Waals surface area contributed by atoms with E-state index in [0.29, 0.717) is 23.5 Å². The predicted octanol–water partition coefficient (Wildman–Crippen LogP) is 5.22. The van der Waals surface area contributed by atoms with Crippen LogP contribution in [0.25, 0.3) is 5.69 Å². The maximum atomic E-state index is 14.9. The number of rotatable bonds is 5. The van der Waals surface area contributed by atoms with Gasteiger partial charge in [0.25, 0.3) is 5.91 Å². The van der Waals surface area contributed by atoms with E-state index in [1.807, 2.05) is 13.8 Å². The third-order valence-electron chi connectivity index (χ3n) is 6.36. The third kappa shape index (κ3) is 4.17. The molecule has 1 fully saturated rings. The number of halogens is 1. The van der Waals surface area contributed by atoms with Gasteiger partial charge in [0.15, 0.2) is 5.69 Å². The van der Waals surface area contributed by atoms with Crippen molar-refractivity contribution in [2.75, 3.05) is 25.2 Å². The fourth-order valence-electron chi connectivity index (χ4n) is 4.54. The highest BCUT2D eigenvalue weighted by molar-refractivity contribution is 6.10. The van der Waals surface area contributed by atoms with E-state index in [-0.39, 0.29) is 23.7 Å². The molecule has 2 aliphatic rings. The Balaban J connectivity index is 0.00000141. The Bertz CT molecular complexity index is 1260. The number of ether oxygens (including phenoxy) is 2. The second kappa shape index (κ2) is 9.52. The van der Waals surface area contributed by atoms with Gasteiger partial charge in [-0.3, -0.25) is 4.79 Å². The van der Waals surface area contributed by atoms with Gasteiger partial charge in [0.05, 0.1) is 25.1 Å². The van der Waals surface area contributed by atoms with Crippen LogP contribution >= 0.6 is 0 Å². The molecule has 1 amide bonds. The number of carbonyl (C=O) groups is 2. The van der Waals surface area contributed by atoms with Gasteiger partial charge in [0, 0.05) is 17.5 Å². The van der Waals surface area contributed by atoms with Crippen LogP contribution in [0.3, 0.4) is 0 Å². The number of fused-ring (bicyclic) bond motifs is 2. The van der Waals surface area contributed by atoms with Crippen LogP contribution in [0.15, 0.2) is 42.5 Å². The van der Waals surface area contributed by atoms with Crippen LogP contribution in [0.4, 0.5) is 10.1 Å². The molecule has 1 spiro atoms. The van der Waals surface area contributed by atoms with Crippen molar-refractivity contribution < 1.29 is 23.5 Å². The number of aryl methyl sites for hydroxylation is 1. The standard InChI is InChI=1S/C25H24FN3O4.C2H6/c1-4-33-24(31)21-20-22(29(27-21)16-6-8-17(32-3)9-7-16)23(30)28(14-25(20)11-12-25)19-10-5-15(2)13-18(19)26;1-2/h5-10,13H,4,11-12,14H2,1-3H3;1-2H3. The summed E-state index contributed by atoms with van der Waals surface area (Å²) < 4.78 is 26.9. The number of esters is 1. The minimum atomic E-state index is -0.560. The Hall–Kier alpha value is -3.68. The lowest BCUT2D eigenvalue weighted by atomic mass is 9.88.